The van der Waals surface area contributed by atoms with Gasteiger partial charge in [0.2, 0.25) is 0 Å². The van der Waals surface area contributed by atoms with Crippen LogP contribution in [-0.2, 0) is 19.4 Å². The molecule has 2 rings (SSSR count). The number of benzene rings is 2. The lowest BCUT2D eigenvalue weighted by Crippen LogP contribution is -2.21. The highest BCUT2D eigenvalue weighted by atomic mass is 35.5. The predicted octanol–water partition coefficient (Wildman–Crippen LogP) is 3.26. The van der Waals surface area contributed by atoms with Crippen molar-refractivity contribution in [1.29, 1.82) is 0 Å². The van der Waals surface area contributed by atoms with E-state index in [1.165, 1.54) is 23.9 Å². The van der Waals surface area contributed by atoms with Gasteiger partial charge in [-0.1, -0.05) is 17.7 Å². The molecular weight excluding hydrogens is 398 g/mol. The third-order valence-electron chi connectivity index (χ3n) is 3.25. The molecule has 138 valence electrons. The lowest BCUT2D eigenvalue weighted by molar-refractivity contribution is -0.119. The average molecular weight is 414 g/mol. The number of hydrogen-bond acceptors (Lipinski definition) is 6. The van der Waals surface area contributed by atoms with E-state index in [1.807, 2.05) is 12.3 Å². The summed E-state index contributed by atoms with van der Waals surface area (Å²) in [5.74, 6) is -1.33. The fraction of sp³-hybridized carbons (Fsp3) is 0.176. The zero-order valence-electron chi connectivity index (χ0n) is 14.0. The van der Waals surface area contributed by atoms with E-state index in [4.69, 9.17) is 16.3 Å². The van der Waals surface area contributed by atoms with Crippen LogP contribution in [0.1, 0.15) is 10.4 Å². The van der Waals surface area contributed by atoms with Gasteiger partial charge in [-0.05, 0) is 42.7 Å². The number of rotatable bonds is 6. The summed E-state index contributed by atoms with van der Waals surface area (Å²) in [6, 6.07) is 11.0. The average Bonchev–Trinajstić information content (AvgIpc) is 2.59. The van der Waals surface area contributed by atoms with E-state index in [2.05, 4.69) is 5.32 Å². The van der Waals surface area contributed by atoms with Gasteiger partial charge < -0.3 is 10.1 Å². The van der Waals surface area contributed by atoms with E-state index < -0.39 is 28.3 Å². The largest absolute Gasteiger partial charge is 0.452 e. The molecule has 1 N–H and O–H groups in total. The number of amides is 1. The van der Waals surface area contributed by atoms with Crippen molar-refractivity contribution < 1.29 is 22.7 Å². The van der Waals surface area contributed by atoms with Gasteiger partial charge in [-0.25, -0.2) is 13.2 Å². The van der Waals surface area contributed by atoms with E-state index in [0.29, 0.717) is 5.69 Å². The molecule has 0 bridgehead atoms. The zero-order chi connectivity index (χ0) is 19.3. The molecule has 0 atom stereocenters. The Morgan fingerprint density at radius 1 is 1.19 bits per heavy atom. The van der Waals surface area contributed by atoms with Gasteiger partial charge in [0, 0.05) is 16.8 Å². The van der Waals surface area contributed by atoms with Crippen LogP contribution >= 0.6 is 23.4 Å². The molecule has 0 aliphatic rings. The third-order valence-corrected chi connectivity index (χ3v) is 5.56. The number of nitrogens with one attached hydrogen (secondary N) is 1. The van der Waals surface area contributed by atoms with Crippen LogP contribution in [0.4, 0.5) is 5.69 Å². The smallest absolute Gasteiger partial charge is 0.338 e. The Labute approximate surface area is 160 Å². The van der Waals surface area contributed by atoms with Crippen LogP contribution in [0.15, 0.2) is 52.3 Å². The second-order valence-electron chi connectivity index (χ2n) is 5.27. The zero-order valence-corrected chi connectivity index (χ0v) is 16.4. The highest BCUT2D eigenvalue weighted by Crippen LogP contribution is 2.23. The van der Waals surface area contributed by atoms with Crippen molar-refractivity contribution in [3.05, 3.63) is 53.1 Å². The van der Waals surface area contributed by atoms with Gasteiger partial charge in [-0.2, -0.15) is 0 Å². The number of ether oxygens (including phenoxy) is 1. The molecule has 0 unspecified atom stereocenters. The molecule has 0 aliphatic carbocycles. The number of halogens is 1. The maximum Gasteiger partial charge on any atom is 0.338 e. The quantitative estimate of drug-likeness (QED) is 0.577. The number of hydrogen-bond donors (Lipinski definition) is 1. The van der Waals surface area contributed by atoms with E-state index >= 15 is 0 Å². The highest BCUT2D eigenvalue weighted by molar-refractivity contribution is 7.98. The van der Waals surface area contributed by atoms with Crippen LogP contribution in [0, 0.1) is 0 Å². The van der Waals surface area contributed by atoms with Gasteiger partial charge in [-0.3, -0.25) is 4.79 Å². The normalized spacial score (nSPS) is 11.0. The predicted molar refractivity (Wildman–Crippen MR) is 102 cm³/mol. The molecular formula is C17H16ClNO5S2. The molecule has 0 aliphatic heterocycles. The monoisotopic (exact) mass is 413 g/mol. The highest BCUT2D eigenvalue weighted by Gasteiger charge is 2.17. The fourth-order valence-electron chi connectivity index (χ4n) is 2.03. The SMILES string of the molecule is CSc1cccc(NC(=O)COC(=O)c2ccc(Cl)c(S(C)(=O)=O)c2)c1. The van der Waals surface area contributed by atoms with Crippen LogP contribution in [0.5, 0.6) is 0 Å². The Morgan fingerprint density at radius 3 is 2.58 bits per heavy atom. The molecule has 0 radical (unpaired) electrons. The van der Waals surface area contributed by atoms with Crippen molar-refractivity contribution in [2.24, 2.45) is 0 Å². The summed E-state index contributed by atoms with van der Waals surface area (Å²) in [6.45, 7) is -0.501. The summed E-state index contributed by atoms with van der Waals surface area (Å²) in [4.78, 5) is 24.8. The lowest BCUT2D eigenvalue weighted by Gasteiger charge is -2.09. The molecule has 1 amide bonds. The van der Waals surface area contributed by atoms with Crippen LogP contribution in [0.2, 0.25) is 5.02 Å². The van der Waals surface area contributed by atoms with Gasteiger partial charge in [0.25, 0.3) is 5.91 Å². The van der Waals surface area contributed by atoms with Crippen LogP contribution < -0.4 is 5.32 Å². The number of esters is 1. The summed E-state index contributed by atoms with van der Waals surface area (Å²) < 4.78 is 28.2. The van der Waals surface area contributed by atoms with Crippen molar-refractivity contribution in [3.8, 4) is 0 Å². The second kappa shape index (κ2) is 8.57. The van der Waals surface area contributed by atoms with Crippen molar-refractivity contribution in [3.63, 3.8) is 0 Å². The Kier molecular flexibility index (Phi) is 6.69. The van der Waals surface area contributed by atoms with Gasteiger partial charge >= 0.3 is 5.97 Å². The first-order valence-corrected chi connectivity index (χ1v) is 10.8. The lowest BCUT2D eigenvalue weighted by atomic mass is 10.2. The molecule has 0 saturated heterocycles. The maximum atomic E-state index is 12.0. The van der Waals surface area contributed by atoms with Crippen molar-refractivity contribution >= 4 is 50.8 Å². The maximum absolute atomic E-state index is 12.0. The number of sulfone groups is 1. The molecule has 2 aromatic carbocycles. The Morgan fingerprint density at radius 2 is 1.92 bits per heavy atom. The van der Waals surface area contributed by atoms with E-state index in [0.717, 1.165) is 17.2 Å². The molecule has 0 saturated carbocycles. The molecule has 9 heteroatoms. The minimum absolute atomic E-state index is 0.00740. The van der Waals surface area contributed by atoms with Gasteiger partial charge in [0.05, 0.1) is 15.5 Å². The minimum atomic E-state index is -3.59. The topological polar surface area (TPSA) is 89.5 Å². The molecule has 2 aromatic rings. The summed E-state index contributed by atoms with van der Waals surface area (Å²) >= 11 is 7.36. The van der Waals surface area contributed by atoms with Crippen LogP contribution in [0.3, 0.4) is 0 Å². The Balaban J connectivity index is 2.01. The molecule has 0 fully saturated rings. The van der Waals surface area contributed by atoms with Crippen molar-refractivity contribution in [2.45, 2.75) is 9.79 Å². The molecule has 6 nitrogen and oxygen atoms in total. The van der Waals surface area contributed by atoms with E-state index in [-0.39, 0.29) is 15.5 Å². The minimum Gasteiger partial charge on any atom is -0.452 e. The van der Waals surface area contributed by atoms with Crippen molar-refractivity contribution in [1.82, 2.24) is 0 Å². The van der Waals surface area contributed by atoms with Gasteiger partial charge in [0.1, 0.15) is 0 Å². The standard InChI is InChI=1S/C17H16ClNO5S2/c1-25-13-5-3-4-12(9-13)19-16(20)10-24-17(21)11-6-7-14(18)15(8-11)26(2,22)23/h3-9H,10H2,1-2H3,(H,19,20). The van der Waals surface area contributed by atoms with E-state index in [1.54, 1.807) is 18.2 Å². The first-order chi connectivity index (χ1) is 12.2. The molecule has 0 aromatic heterocycles. The summed E-state index contributed by atoms with van der Waals surface area (Å²) in [5, 5.41) is 2.63. The molecule has 0 spiro atoms. The fourth-order valence-corrected chi connectivity index (χ4v) is 3.79. The number of anilines is 1. The van der Waals surface area contributed by atoms with Crippen LogP contribution in [0.25, 0.3) is 0 Å². The number of carbonyl (C=O) groups excluding carboxylic acids is 2. The van der Waals surface area contributed by atoms with Crippen LogP contribution in [-0.4, -0.2) is 39.4 Å². The van der Waals surface area contributed by atoms with E-state index in [9.17, 15) is 18.0 Å². The van der Waals surface area contributed by atoms with Crippen molar-refractivity contribution in [2.75, 3.05) is 24.4 Å². The van der Waals surface area contributed by atoms with Gasteiger partial charge in [-0.15, -0.1) is 11.8 Å². The Hall–Kier alpha value is -2.03. The summed E-state index contributed by atoms with van der Waals surface area (Å²) in [7, 11) is -3.59. The number of carbonyl (C=O) groups is 2. The second-order valence-corrected chi connectivity index (χ2v) is 8.54. The summed E-state index contributed by atoms with van der Waals surface area (Å²) in [5.41, 5.74) is 0.579. The molecule has 26 heavy (non-hydrogen) atoms. The summed E-state index contributed by atoms with van der Waals surface area (Å²) in [6.07, 6.45) is 2.90. The van der Waals surface area contributed by atoms with Gasteiger partial charge in [0.15, 0.2) is 16.4 Å². The first kappa shape index (κ1) is 20.3. The first-order valence-electron chi connectivity index (χ1n) is 7.31. The number of thioether (sulfide) groups is 1. The molecule has 0 heterocycles. The third kappa shape index (κ3) is 5.48. The Bertz CT molecular complexity index is 944.